The van der Waals surface area contributed by atoms with Crippen LogP contribution in [0.3, 0.4) is 0 Å². The van der Waals surface area contributed by atoms with Crippen LogP contribution >= 0.6 is 0 Å². The van der Waals surface area contributed by atoms with Gasteiger partial charge in [0.15, 0.2) is 0 Å². The largest absolute Gasteiger partial charge is 0.573 e. The fraction of sp³-hybridized carbons (Fsp3) is 0.417. The predicted octanol–water partition coefficient (Wildman–Crippen LogP) is 2.70. The molecule has 0 spiro atoms. The van der Waals surface area contributed by atoms with Gasteiger partial charge in [-0.1, -0.05) is 6.07 Å². The van der Waals surface area contributed by atoms with Crippen LogP contribution in [0.25, 0.3) is 0 Å². The van der Waals surface area contributed by atoms with E-state index in [9.17, 15) is 18.0 Å². The van der Waals surface area contributed by atoms with E-state index in [1.165, 1.54) is 13.2 Å². The summed E-state index contributed by atoms with van der Waals surface area (Å²) in [7, 11) is 1.23. The third-order valence-electron chi connectivity index (χ3n) is 2.13. The van der Waals surface area contributed by atoms with Crippen LogP contribution in [0.1, 0.15) is 12.5 Å². The summed E-state index contributed by atoms with van der Waals surface area (Å²) in [5.74, 6) is -0.746. The van der Waals surface area contributed by atoms with Crippen LogP contribution in [0.15, 0.2) is 18.2 Å². The number of hydrogen-bond acceptors (Lipinski definition) is 4. The summed E-state index contributed by atoms with van der Waals surface area (Å²) in [6.45, 7) is 1.93. The van der Waals surface area contributed by atoms with E-state index in [1.807, 2.05) is 0 Å². The number of benzene rings is 1. The summed E-state index contributed by atoms with van der Waals surface area (Å²) in [5, 5.41) is 0. The van der Waals surface area contributed by atoms with E-state index in [0.29, 0.717) is 5.56 Å². The molecular weight excluding hydrogens is 265 g/mol. The first kappa shape index (κ1) is 15.1. The lowest BCUT2D eigenvalue weighted by atomic mass is 10.1. The van der Waals surface area contributed by atoms with Gasteiger partial charge in [-0.2, -0.15) is 0 Å². The summed E-state index contributed by atoms with van der Waals surface area (Å²) in [6.07, 6.45) is -4.86. The van der Waals surface area contributed by atoms with Crippen molar-refractivity contribution in [3.63, 3.8) is 0 Å². The Hall–Kier alpha value is -1.92. The average molecular weight is 278 g/mol. The van der Waals surface area contributed by atoms with Gasteiger partial charge in [0.1, 0.15) is 11.5 Å². The van der Waals surface area contributed by atoms with Gasteiger partial charge in [0, 0.05) is 11.6 Å². The predicted molar refractivity (Wildman–Crippen MR) is 60.0 cm³/mol. The summed E-state index contributed by atoms with van der Waals surface area (Å²) in [6, 6.07) is 3.55. The second kappa shape index (κ2) is 6.31. The Bertz CT molecular complexity index is 443. The van der Waals surface area contributed by atoms with Gasteiger partial charge in [-0.25, -0.2) is 0 Å². The molecule has 19 heavy (non-hydrogen) atoms. The van der Waals surface area contributed by atoms with Gasteiger partial charge in [-0.05, 0) is 13.0 Å². The summed E-state index contributed by atoms with van der Waals surface area (Å²) < 4.78 is 49.7. The first-order valence-electron chi connectivity index (χ1n) is 5.44. The number of esters is 1. The Morgan fingerprint density at radius 2 is 2.00 bits per heavy atom. The molecule has 0 bridgehead atoms. The lowest BCUT2D eigenvalue weighted by Gasteiger charge is -2.13. The highest BCUT2D eigenvalue weighted by molar-refractivity contribution is 5.73. The molecule has 0 aromatic heterocycles. The van der Waals surface area contributed by atoms with Crippen LogP contribution < -0.4 is 9.47 Å². The third-order valence-corrected chi connectivity index (χ3v) is 2.13. The van der Waals surface area contributed by atoms with Crippen molar-refractivity contribution in [1.29, 1.82) is 0 Å². The maximum absolute atomic E-state index is 12.1. The number of rotatable bonds is 5. The molecule has 0 heterocycles. The molecule has 0 N–H and O–H groups in total. The molecule has 0 unspecified atom stereocenters. The topological polar surface area (TPSA) is 44.8 Å². The van der Waals surface area contributed by atoms with Crippen molar-refractivity contribution in [3.05, 3.63) is 23.8 Å². The highest BCUT2D eigenvalue weighted by Gasteiger charge is 2.31. The summed E-state index contributed by atoms with van der Waals surface area (Å²) >= 11 is 0. The minimum atomic E-state index is -4.77. The van der Waals surface area contributed by atoms with Gasteiger partial charge >= 0.3 is 12.3 Å². The van der Waals surface area contributed by atoms with E-state index < -0.39 is 18.1 Å². The zero-order chi connectivity index (χ0) is 14.5. The van der Waals surface area contributed by atoms with E-state index in [0.717, 1.165) is 12.1 Å². The maximum atomic E-state index is 12.1. The van der Waals surface area contributed by atoms with Crippen LogP contribution in [0.2, 0.25) is 0 Å². The fourth-order valence-electron chi connectivity index (χ4n) is 1.40. The number of halogens is 3. The third kappa shape index (κ3) is 5.07. The molecule has 0 aliphatic rings. The van der Waals surface area contributed by atoms with E-state index in [-0.39, 0.29) is 18.8 Å². The highest BCUT2D eigenvalue weighted by Crippen LogP contribution is 2.29. The Labute approximate surface area is 108 Å². The second-order valence-corrected chi connectivity index (χ2v) is 3.50. The summed E-state index contributed by atoms with van der Waals surface area (Å²) in [4.78, 5) is 11.2. The van der Waals surface area contributed by atoms with Crippen LogP contribution in [0.5, 0.6) is 11.5 Å². The Morgan fingerprint density at radius 3 is 2.53 bits per heavy atom. The molecule has 0 aliphatic carbocycles. The molecule has 1 rings (SSSR count). The van der Waals surface area contributed by atoms with Crippen molar-refractivity contribution in [3.8, 4) is 11.5 Å². The fourth-order valence-corrected chi connectivity index (χ4v) is 1.40. The smallest absolute Gasteiger partial charge is 0.493 e. The highest BCUT2D eigenvalue weighted by atomic mass is 19.4. The maximum Gasteiger partial charge on any atom is 0.573 e. The molecule has 1 aromatic carbocycles. The zero-order valence-electron chi connectivity index (χ0n) is 10.4. The molecule has 0 saturated heterocycles. The Morgan fingerprint density at radius 1 is 1.32 bits per heavy atom. The molecule has 1 aromatic rings. The minimum Gasteiger partial charge on any atom is -0.493 e. The van der Waals surface area contributed by atoms with E-state index >= 15 is 0 Å². The molecule has 0 saturated carbocycles. The van der Waals surface area contributed by atoms with Gasteiger partial charge in [0.2, 0.25) is 0 Å². The quantitative estimate of drug-likeness (QED) is 0.777. The zero-order valence-corrected chi connectivity index (χ0v) is 10.4. The van der Waals surface area contributed by atoms with Crippen LogP contribution in [-0.2, 0) is 16.0 Å². The molecule has 0 aliphatic heterocycles. The Kier molecular flexibility index (Phi) is 5.02. The number of methoxy groups -OCH3 is 1. The van der Waals surface area contributed by atoms with Crippen molar-refractivity contribution >= 4 is 5.97 Å². The Balaban J connectivity index is 2.97. The first-order chi connectivity index (χ1) is 8.85. The van der Waals surface area contributed by atoms with Gasteiger partial charge in [0.25, 0.3) is 0 Å². The number of hydrogen-bond donors (Lipinski definition) is 0. The first-order valence-corrected chi connectivity index (χ1v) is 5.44. The van der Waals surface area contributed by atoms with Gasteiger partial charge in [-0.3, -0.25) is 4.79 Å². The van der Waals surface area contributed by atoms with Crippen molar-refractivity contribution < 1.29 is 32.2 Å². The normalized spacial score (nSPS) is 11.0. The van der Waals surface area contributed by atoms with Crippen LogP contribution in [0, 0.1) is 0 Å². The minimum absolute atomic E-state index is 0.0852. The van der Waals surface area contributed by atoms with Crippen LogP contribution in [-0.4, -0.2) is 26.0 Å². The van der Waals surface area contributed by atoms with E-state index in [4.69, 9.17) is 4.74 Å². The van der Waals surface area contributed by atoms with Gasteiger partial charge in [-0.15, -0.1) is 13.2 Å². The molecular formula is C12H13F3O4. The summed E-state index contributed by atoms with van der Waals surface area (Å²) in [5.41, 5.74) is 0.434. The number of carbonyl (C=O) groups excluding carboxylic acids is 1. The molecule has 106 valence electrons. The number of ether oxygens (including phenoxy) is 3. The lowest BCUT2D eigenvalue weighted by molar-refractivity contribution is -0.274. The molecule has 0 fully saturated rings. The van der Waals surface area contributed by atoms with Crippen LogP contribution in [0.4, 0.5) is 13.2 Å². The molecule has 7 heteroatoms. The second-order valence-electron chi connectivity index (χ2n) is 3.50. The van der Waals surface area contributed by atoms with Crippen molar-refractivity contribution in [2.75, 3.05) is 13.7 Å². The lowest BCUT2D eigenvalue weighted by Crippen LogP contribution is -2.17. The molecule has 0 amide bonds. The number of carbonyl (C=O) groups is 1. The molecule has 4 nitrogen and oxygen atoms in total. The molecule has 0 radical (unpaired) electrons. The molecule has 0 atom stereocenters. The van der Waals surface area contributed by atoms with E-state index in [2.05, 4.69) is 9.47 Å². The van der Waals surface area contributed by atoms with Gasteiger partial charge in [0.05, 0.1) is 20.1 Å². The monoisotopic (exact) mass is 278 g/mol. The number of alkyl halides is 3. The van der Waals surface area contributed by atoms with Crippen molar-refractivity contribution in [2.45, 2.75) is 19.7 Å². The van der Waals surface area contributed by atoms with E-state index in [1.54, 1.807) is 6.92 Å². The SMILES string of the molecule is CCOc1cc(OC(F)(F)F)ccc1CC(=O)OC. The standard InChI is InChI=1S/C12H13F3O4/c1-3-18-10-7-9(19-12(13,14)15)5-4-8(10)6-11(16)17-2/h4-5,7H,3,6H2,1-2H3. The average Bonchev–Trinajstić information content (AvgIpc) is 2.30. The van der Waals surface area contributed by atoms with Crippen molar-refractivity contribution in [2.24, 2.45) is 0 Å². The van der Waals surface area contributed by atoms with Crippen molar-refractivity contribution in [1.82, 2.24) is 0 Å². The van der Waals surface area contributed by atoms with Gasteiger partial charge < -0.3 is 14.2 Å².